The first kappa shape index (κ1) is 32.4. The average molecular weight is 479 g/mol. The molecule has 0 spiro atoms. The molecule has 0 amide bonds. The molecule has 0 unspecified atom stereocenters. The van der Waals surface area contributed by atoms with Gasteiger partial charge in [0.15, 0.2) is 0 Å². The molecule has 0 saturated carbocycles. The van der Waals surface area contributed by atoms with Gasteiger partial charge >= 0.3 is 11.9 Å². The van der Waals surface area contributed by atoms with Crippen LogP contribution < -0.4 is 0 Å². The minimum atomic E-state index is -0.119. The Bertz CT molecular complexity index is 460. The maximum atomic E-state index is 12.1. The fourth-order valence-corrected chi connectivity index (χ4v) is 3.99. The average Bonchev–Trinajstić information content (AvgIpc) is 2.83. The number of allylic oxidation sites excluding steroid dienone is 2. The molecule has 4 nitrogen and oxygen atoms in total. The molecule has 0 N–H and O–H groups in total. The fraction of sp³-hybridized carbons (Fsp3) is 0.800. The second-order valence-corrected chi connectivity index (χ2v) is 9.63. The molecule has 0 aliphatic heterocycles. The van der Waals surface area contributed by atoms with Crippen LogP contribution in [0.2, 0.25) is 0 Å². The van der Waals surface area contributed by atoms with Gasteiger partial charge in [-0.1, -0.05) is 89.7 Å². The minimum Gasteiger partial charge on any atom is -0.465 e. The minimum absolute atomic E-state index is 0.106. The molecule has 0 radical (unpaired) electrons. The molecule has 0 aromatic heterocycles. The molecule has 0 atom stereocenters. The van der Waals surface area contributed by atoms with Crippen molar-refractivity contribution in [3.8, 4) is 0 Å². The van der Waals surface area contributed by atoms with Crippen LogP contribution in [0.5, 0.6) is 0 Å². The number of rotatable bonds is 26. The van der Waals surface area contributed by atoms with E-state index in [1.165, 1.54) is 51.4 Å². The zero-order chi connectivity index (χ0) is 25.1. The second kappa shape index (κ2) is 26.0. The first-order valence-corrected chi connectivity index (χ1v) is 14.2. The highest BCUT2D eigenvalue weighted by atomic mass is 16.5. The van der Waals surface area contributed by atoms with Crippen molar-refractivity contribution in [1.82, 2.24) is 0 Å². The van der Waals surface area contributed by atoms with Crippen molar-refractivity contribution in [3.05, 3.63) is 25.3 Å². The van der Waals surface area contributed by atoms with Gasteiger partial charge in [-0.05, 0) is 44.9 Å². The van der Waals surface area contributed by atoms with E-state index in [1.807, 2.05) is 12.2 Å². The molecule has 0 fully saturated rings. The zero-order valence-electron chi connectivity index (χ0n) is 22.3. The lowest BCUT2D eigenvalue weighted by Crippen LogP contribution is -2.21. The van der Waals surface area contributed by atoms with Crippen LogP contribution in [0.15, 0.2) is 25.3 Å². The third-order valence-electron chi connectivity index (χ3n) is 6.25. The molecular weight excluding hydrogens is 424 g/mol. The van der Waals surface area contributed by atoms with Gasteiger partial charge in [0, 0.05) is 18.8 Å². The standard InChI is InChI=1S/C30H54O4/c1-4-7-10-12-14-16-18-21-24-29(31)33-26-28(23-20-9-6-3)27-34-30(32)25-22-19-17-15-13-11-8-5-2/h4-5,28H,1-2,6-27H2,3H3. The molecular formula is C30H54O4. The van der Waals surface area contributed by atoms with E-state index >= 15 is 0 Å². The highest BCUT2D eigenvalue weighted by molar-refractivity contribution is 5.69. The van der Waals surface area contributed by atoms with E-state index in [-0.39, 0.29) is 17.9 Å². The molecule has 0 saturated heterocycles. The summed E-state index contributed by atoms with van der Waals surface area (Å²) < 4.78 is 11.1. The van der Waals surface area contributed by atoms with E-state index in [2.05, 4.69) is 20.1 Å². The van der Waals surface area contributed by atoms with Gasteiger partial charge < -0.3 is 9.47 Å². The number of carbonyl (C=O) groups excluding carboxylic acids is 2. The number of esters is 2. The second-order valence-electron chi connectivity index (χ2n) is 9.63. The molecule has 0 bridgehead atoms. The highest BCUT2D eigenvalue weighted by Crippen LogP contribution is 2.15. The molecule has 34 heavy (non-hydrogen) atoms. The van der Waals surface area contributed by atoms with E-state index in [0.29, 0.717) is 26.1 Å². The van der Waals surface area contributed by atoms with Gasteiger partial charge in [-0.15, -0.1) is 13.2 Å². The number of carbonyl (C=O) groups is 2. The normalized spacial score (nSPS) is 10.9. The van der Waals surface area contributed by atoms with Gasteiger partial charge in [0.05, 0.1) is 13.2 Å². The van der Waals surface area contributed by atoms with Crippen LogP contribution in [0, 0.1) is 5.92 Å². The molecule has 0 rings (SSSR count). The summed E-state index contributed by atoms with van der Waals surface area (Å²) in [4.78, 5) is 24.3. The van der Waals surface area contributed by atoms with E-state index in [4.69, 9.17) is 9.47 Å². The molecule has 198 valence electrons. The van der Waals surface area contributed by atoms with Crippen molar-refractivity contribution < 1.29 is 19.1 Å². The SMILES string of the molecule is C=CCCCCCCCCC(=O)OCC(CCCCC)COC(=O)CCCCCCCCC=C. The van der Waals surface area contributed by atoms with Gasteiger partial charge in [0.2, 0.25) is 0 Å². The molecule has 0 aromatic rings. The smallest absolute Gasteiger partial charge is 0.305 e. The van der Waals surface area contributed by atoms with E-state index < -0.39 is 0 Å². The van der Waals surface area contributed by atoms with Crippen LogP contribution >= 0.6 is 0 Å². The Kier molecular flexibility index (Phi) is 24.8. The Labute approximate surface area is 210 Å². The molecule has 4 heteroatoms. The van der Waals surface area contributed by atoms with Crippen LogP contribution in [0.3, 0.4) is 0 Å². The predicted molar refractivity (Wildman–Crippen MR) is 144 cm³/mol. The first-order chi connectivity index (χ1) is 16.6. The van der Waals surface area contributed by atoms with E-state index in [1.54, 1.807) is 0 Å². The number of hydrogen-bond donors (Lipinski definition) is 0. The van der Waals surface area contributed by atoms with Crippen molar-refractivity contribution in [2.45, 2.75) is 135 Å². The molecule has 0 aromatic carbocycles. The van der Waals surface area contributed by atoms with Crippen LogP contribution in [0.25, 0.3) is 0 Å². The van der Waals surface area contributed by atoms with Crippen molar-refractivity contribution in [2.75, 3.05) is 13.2 Å². The molecule has 0 aliphatic carbocycles. The lowest BCUT2D eigenvalue weighted by molar-refractivity contribution is -0.149. The van der Waals surface area contributed by atoms with Gasteiger partial charge in [-0.25, -0.2) is 0 Å². The lowest BCUT2D eigenvalue weighted by Gasteiger charge is -2.17. The van der Waals surface area contributed by atoms with E-state index in [9.17, 15) is 9.59 Å². The van der Waals surface area contributed by atoms with Crippen LogP contribution in [-0.4, -0.2) is 25.2 Å². The summed E-state index contributed by atoms with van der Waals surface area (Å²) in [5, 5.41) is 0. The first-order valence-electron chi connectivity index (χ1n) is 14.2. The summed E-state index contributed by atoms with van der Waals surface area (Å²) >= 11 is 0. The van der Waals surface area contributed by atoms with Gasteiger partial charge in [-0.2, -0.15) is 0 Å². The van der Waals surface area contributed by atoms with Gasteiger partial charge in [0.25, 0.3) is 0 Å². The number of hydrogen-bond acceptors (Lipinski definition) is 4. The summed E-state index contributed by atoms with van der Waals surface area (Å²) in [6.07, 6.45) is 25.1. The number of unbranched alkanes of at least 4 members (excludes halogenated alkanes) is 14. The predicted octanol–water partition coefficient (Wildman–Crippen LogP) is 8.88. The van der Waals surface area contributed by atoms with Gasteiger partial charge in [-0.3, -0.25) is 9.59 Å². The summed E-state index contributed by atoms with van der Waals surface area (Å²) in [6, 6.07) is 0. The Balaban J connectivity index is 3.95. The monoisotopic (exact) mass is 478 g/mol. The van der Waals surface area contributed by atoms with Crippen molar-refractivity contribution in [1.29, 1.82) is 0 Å². The third kappa shape index (κ3) is 23.6. The van der Waals surface area contributed by atoms with Crippen LogP contribution in [0.4, 0.5) is 0 Å². The third-order valence-corrected chi connectivity index (χ3v) is 6.25. The Morgan fingerprint density at radius 3 is 1.44 bits per heavy atom. The fourth-order valence-electron chi connectivity index (χ4n) is 3.99. The highest BCUT2D eigenvalue weighted by Gasteiger charge is 2.15. The quantitative estimate of drug-likeness (QED) is 0.0707. The maximum Gasteiger partial charge on any atom is 0.305 e. The molecule has 0 aliphatic rings. The summed E-state index contributed by atoms with van der Waals surface area (Å²) in [7, 11) is 0. The van der Waals surface area contributed by atoms with Gasteiger partial charge in [0.1, 0.15) is 0 Å². The van der Waals surface area contributed by atoms with Crippen LogP contribution in [0.1, 0.15) is 135 Å². The topological polar surface area (TPSA) is 52.6 Å². The Morgan fingerprint density at radius 1 is 0.618 bits per heavy atom. The van der Waals surface area contributed by atoms with Crippen molar-refractivity contribution >= 4 is 11.9 Å². The van der Waals surface area contributed by atoms with Crippen molar-refractivity contribution in [2.24, 2.45) is 5.92 Å². The molecule has 0 heterocycles. The Hall–Kier alpha value is -1.58. The van der Waals surface area contributed by atoms with Crippen molar-refractivity contribution in [3.63, 3.8) is 0 Å². The largest absolute Gasteiger partial charge is 0.465 e. The Morgan fingerprint density at radius 2 is 1.03 bits per heavy atom. The summed E-state index contributed by atoms with van der Waals surface area (Å²) in [6.45, 7) is 10.4. The van der Waals surface area contributed by atoms with E-state index in [0.717, 1.165) is 64.2 Å². The van der Waals surface area contributed by atoms with Crippen LogP contribution in [-0.2, 0) is 19.1 Å². The maximum absolute atomic E-state index is 12.1. The lowest BCUT2D eigenvalue weighted by atomic mass is 10.0. The summed E-state index contributed by atoms with van der Waals surface area (Å²) in [5.41, 5.74) is 0. The zero-order valence-corrected chi connectivity index (χ0v) is 22.3. The summed E-state index contributed by atoms with van der Waals surface area (Å²) in [5.74, 6) is -0.132. The number of ether oxygens (including phenoxy) is 2.